The van der Waals surface area contributed by atoms with E-state index in [-0.39, 0.29) is 0 Å². The quantitative estimate of drug-likeness (QED) is 0.773. The predicted molar refractivity (Wildman–Crippen MR) is 79.6 cm³/mol. The molecule has 0 aliphatic heterocycles. The number of benzene rings is 1. The van der Waals surface area contributed by atoms with Crippen molar-refractivity contribution in [1.29, 1.82) is 0 Å². The van der Waals surface area contributed by atoms with E-state index in [0.29, 0.717) is 5.92 Å². The lowest BCUT2D eigenvalue weighted by molar-refractivity contribution is 0.755. The standard InChI is InChI=1S/C14H16BrClN2/c1-10-13(14(16)18(2)17-10)8-12(9-15)11-6-4-3-5-7-11/h3-7,12H,8-9H2,1-2H3. The van der Waals surface area contributed by atoms with Crippen molar-refractivity contribution >= 4 is 27.5 Å². The van der Waals surface area contributed by atoms with E-state index < -0.39 is 0 Å². The van der Waals surface area contributed by atoms with Crippen LogP contribution in [0.2, 0.25) is 5.15 Å². The zero-order valence-corrected chi connectivity index (χ0v) is 12.9. The number of hydrogen-bond acceptors (Lipinski definition) is 1. The second-order valence-corrected chi connectivity index (χ2v) is 5.45. The van der Waals surface area contributed by atoms with Gasteiger partial charge in [-0.1, -0.05) is 57.9 Å². The average molecular weight is 328 g/mol. The van der Waals surface area contributed by atoms with Gasteiger partial charge in [0.25, 0.3) is 0 Å². The summed E-state index contributed by atoms with van der Waals surface area (Å²) in [6.07, 6.45) is 0.910. The number of aromatic nitrogens is 2. The lowest BCUT2D eigenvalue weighted by atomic mass is 9.94. The van der Waals surface area contributed by atoms with Gasteiger partial charge in [-0.2, -0.15) is 5.10 Å². The molecule has 1 heterocycles. The predicted octanol–water partition coefficient (Wildman–Crippen LogP) is 4.10. The Labute approximate surface area is 121 Å². The number of hydrogen-bond donors (Lipinski definition) is 0. The number of aryl methyl sites for hydroxylation is 2. The van der Waals surface area contributed by atoms with Gasteiger partial charge in [-0.3, -0.25) is 4.68 Å². The van der Waals surface area contributed by atoms with Gasteiger partial charge in [0.1, 0.15) is 5.15 Å². The van der Waals surface area contributed by atoms with Crippen LogP contribution in [0.5, 0.6) is 0 Å². The molecule has 0 saturated heterocycles. The molecule has 0 aliphatic carbocycles. The molecule has 1 unspecified atom stereocenters. The summed E-state index contributed by atoms with van der Waals surface area (Å²) in [5.41, 5.74) is 3.49. The summed E-state index contributed by atoms with van der Waals surface area (Å²) in [6.45, 7) is 2.01. The molecule has 0 fully saturated rings. The van der Waals surface area contributed by atoms with Crippen molar-refractivity contribution in [2.24, 2.45) is 7.05 Å². The zero-order chi connectivity index (χ0) is 13.1. The highest BCUT2D eigenvalue weighted by Crippen LogP contribution is 2.28. The third-order valence-corrected chi connectivity index (χ3v) is 4.43. The summed E-state index contributed by atoms with van der Waals surface area (Å²) in [5, 5.41) is 6.02. The van der Waals surface area contributed by atoms with Crippen molar-refractivity contribution in [2.75, 3.05) is 5.33 Å². The van der Waals surface area contributed by atoms with Crippen molar-refractivity contribution in [1.82, 2.24) is 9.78 Å². The van der Waals surface area contributed by atoms with Gasteiger partial charge in [-0.25, -0.2) is 0 Å². The Kier molecular flexibility index (Phi) is 4.46. The minimum absolute atomic E-state index is 0.423. The van der Waals surface area contributed by atoms with Crippen molar-refractivity contribution in [3.63, 3.8) is 0 Å². The molecule has 2 nitrogen and oxygen atoms in total. The first-order chi connectivity index (χ1) is 8.63. The number of rotatable bonds is 4. The molecule has 1 aromatic heterocycles. The van der Waals surface area contributed by atoms with Gasteiger partial charge in [-0.15, -0.1) is 0 Å². The molecule has 18 heavy (non-hydrogen) atoms. The Morgan fingerprint density at radius 3 is 2.50 bits per heavy atom. The normalized spacial score (nSPS) is 12.7. The van der Waals surface area contributed by atoms with Gasteiger partial charge in [0, 0.05) is 17.9 Å². The van der Waals surface area contributed by atoms with Crippen LogP contribution in [0.1, 0.15) is 22.7 Å². The first-order valence-corrected chi connectivity index (χ1v) is 7.42. The van der Waals surface area contributed by atoms with Crippen molar-refractivity contribution < 1.29 is 0 Å². The third kappa shape index (κ3) is 2.78. The van der Waals surface area contributed by atoms with Crippen molar-refractivity contribution in [2.45, 2.75) is 19.3 Å². The molecule has 2 rings (SSSR count). The van der Waals surface area contributed by atoms with Gasteiger partial charge in [-0.05, 0) is 24.8 Å². The molecule has 96 valence electrons. The maximum atomic E-state index is 6.29. The van der Waals surface area contributed by atoms with E-state index in [2.05, 4.69) is 45.3 Å². The summed E-state index contributed by atoms with van der Waals surface area (Å²) in [7, 11) is 1.88. The van der Waals surface area contributed by atoms with Gasteiger partial charge in [0.15, 0.2) is 0 Å². The van der Waals surface area contributed by atoms with Gasteiger partial charge >= 0.3 is 0 Å². The fraction of sp³-hybridized carbons (Fsp3) is 0.357. The molecule has 0 saturated carbocycles. The Bertz CT molecular complexity index is 522. The van der Waals surface area contributed by atoms with E-state index in [1.165, 1.54) is 5.56 Å². The molecule has 0 aliphatic rings. The molecule has 1 aromatic carbocycles. The second kappa shape index (κ2) is 5.89. The van der Waals surface area contributed by atoms with Crippen LogP contribution >= 0.6 is 27.5 Å². The van der Waals surface area contributed by atoms with Crippen LogP contribution in [0.25, 0.3) is 0 Å². The van der Waals surface area contributed by atoms with Crippen LogP contribution in [-0.2, 0) is 13.5 Å². The van der Waals surface area contributed by atoms with Crippen LogP contribution in [0, 0.1) is 6.92 Å². The maximum absolute atomic E-state index is 6.29. The Balaban J connectivity index is 2.26. The monoisotopic (exact) mass is 326 g/mol. The molecule has 0 radical (unpaired) electrons. The highest BCUT2D eigenvalue weighted by atomic mass is 79.9. The first kappa shape index (κ1) is 13.6. The minimum Gasteiger partial charge on any atom is -0.257 e. The topological polar surface area (TPSA) is 17.8 Å². The van der Waals surface area contributed by atoms with Crippen LogP contribution in [0.15, 0.2) is 30.3 Å². The Hall–Kier alpha value is -0.800. The minimum atomic E-state index is 0.423. The van der Waals surface area contributed by atoms with E-state index >= 15 is 0 Å². The van der Waals surface area contributed by atoms with E-state index in [0.717, 1.165) is 28.2 Å². The number of alkyl halides is 1. The highest BCUT2D eigenvalue weighted by molar-refractivity contribution is 9.09. The summed E-state index contributed by atoms with van der Waals surface area (Å²) < 4.78 is 1.74. The van der Waals surface area contributed by atoms with Crippen LogP contribution in [0.3, 0.4) is 0 Å². The number of halogens is 2. The van der Waals surface area contributed by atoms with Crippen LogP contribution in [-0.4, -0.2) is 15.1 Å². The first-order valence-electron chi connectivity index (χ1n) is 5.92. The van der Waals surface area contributed by atoms with Gasteiger partial charge < -0.3 is 0 Å². The smallest absolute Gasteiger partial charge is 0.130 e. The maximum Gasteiger partial charge on any atom is 0.130 e. The van der Waals surface area contributed by atoms with Crippen LogP contribution < -0.4 is 0 Å². The van der Waals surface area contributed by atoms with Gasteiger partial charge in [0.2, 0.25) is 0 Å². The second-order valence-electron chi connectivity index (χ2n) is 4.44. The lowest BCUT2D eigenvalue weighted by Crippen LogP contribution is -2.05. The average Bonchev–Trinajstić information content (AvgIpc) is 2.62. The molecule has 0 N–H and O–H groups in total. The molecule has 4 heteroatoms. The highest BCUT2D eigenvalue weighted by Gasteiger charge is 2.17. The SMILES string of the molecule is Cc1nn(C)c(Cl)c1CC(CBr)c1ccccc1. The van der Waals surface area contributed by atoms with Gasteiger partial charge in [0.05, 0.1) is 5.69 Å². The number of nitrogens with zero attached hydrogens (tertiary/aromatic N) is 2. The zero-order valence-electron chi connectivity index (χ0n) is 10.5. The Morgan fingerprint density at radius 1 is 1.33 bits per heavy atom. The Morgan fingerprint density at radius 2 is 2.00 bits per heavy atom. The third-order valence-electron chi connectivity index (χ3n) is 3.18. The molecule has 0 amide bonds. The molecule has 1 atom stereocenters. The van der Waals surface area contributed by atoms with E-state index in [1.807, 2.05) is 20.0 Å². The fourth-order valence-corrected chi connectivity index (χ4v) is 2.99. The molecular weight excluding hydrogens is 312 g/mol. The van der Waals surface area contributed by atoms with E-state index in [4.69, 9.17) is 11.6 Å². The van der Waals surface area contributed by atoms with E-state index in [1.54, 1.807) is 4.68 Å². The summed E-state index contributed by atoms with van der Waals surface area (Å²) in [6, 6.07) is 10.5. The fourth-order valence-electron chi connectivity index (χ4n) is 2.14. The molecule has 0 spiro atoms. The van der Waals surface area contributed by atoms with E-state index in [9.17, 15) is 0 Å². The van der Waals surface area contributed by atoms with Crippen molar-refractivity contribution in [3.05, 3.63) is 52.3 Å². The summed E-state index contributed by atoms with van der Waals surface area (Å²) >= 11 is 9.88. The van der Waals surface area contributed by atoms with Crippen molar-refractivity contribution in [3.8, 4) is 0 Å². The molecular formula is C14H16BrClN2. The largest absolute Gasteiger partial charge is 0.257 e. The summed E-state index contributed by atoms with van der Waals surface area (Å²) in [5.74, 6) is 0.423. The molecule has 0 bridgehead atoms. The van der Waals surface area contributed by atoms with Crippen LogP contribution in [0.4, 0.5) is 0 Å². The molecule has 2 aromatic rings. The lowest BCUT2D eigenvalue weighted by Gasteiger charge is -2.14. The summed E-state index contributed by atoms with van der Waals surface area (Å²) in [4.78, 5) is 0.